The van der Waals surface area contributed by atoms with Crippen molar-refractivity contribution >= 4 is 39.5 Å². The molecule has 1 aliphatic heterocycles. The standard InChI is InChI=1S/C15H17N3O2S2/c19-12(13-2-1-10-21-13)3-4-14(20)17-6-8-18(9-7-17)15-16-5-11-22-15/h1-2,5,10-11H,3-4,6-9H2. The summed E-state index contributed by atoms with van der Waals surface area (Å²) in [7, 11) is 0. The monoisotopic (exact) mass is 335 g/mol. The molecule has 116 valence electrons. The number of piperazine rings is 1. The van der Waals surface area contributed by atoms with E-state index in [1.54, 1.807) is 17.5 Å². The fraction of sp³-hybridized carbons (Fsp3) is 0.400. The van der Waals surface area contributed by atoms with Gasteiger partial charge in [0.25, 0.3) is 0 Å². The first kappa shape index (κ1) is 15.2. The molecule has 0 N–H and O–H groups in total. The van der Waals surface area contributed by atoms with Crippen LogP contribution in [0.4, 0.5) is 5.13 Å². The molecule has 3 rings (SSSR count). The molecule has 1 saturated heterocycles. The van der Waals surface area contributed by atoms with Crippen LogP contribution in [0.1, 0.15) is 22.5 Å². The summed E-state index contributed by atoms with van der Waals surface area (Å²) >= 11 is 3.05. The summed E-state index contributed by atoms with van der Waals surface area (Å²) in [6, 6.07) is 3.67. The Hall–Kier alpha value is -1.73. The Morgan fingerprint density at radius 2 is 1.91 bits per heavy atom. The lowest BCUT2D eigenvalue weighted by molar-refractivity contribution is -0.131. The van der Waals surface area contributed by atoms with Gasteiger partial charge in [-0.15, -0.1) is 22.7 Å². The maximum absolute atomic E-state index is 12.2. The van der Waals surface area contributed by atoms with Crippen LogP contribution in [0, 0.1) is 0 Å². The minimum atomic E-state index is 0.0600. The van der Waals surface area contributed by atoms with Crippen molar-refractivity contribution in [2.24, 2.45) is 0 Å². The Bertz CT molecular complexity index is 617. The highest BCUT2D eigenvalue weighted by Gasteiger charge is 2.22. The van der Waals surface area contributed by atoms with Crippen molar-refractivity contribution in [3.63, 3.8) is 0 Å². The molecule has 0 spiro atoms. The highest BCUT2D eigenvalue weighted by Crippen LogP contribution is 2.19. The summed E-state index contributed by atoms with van der Waals surface area (Å²) in [5.74, 6) is 0.133. The van der Waals surface area contributed by atoms with Crippen molar-refractivity contribution in [2.75, 3.05) is 31.1 Å². The van der Waals surface area contributed by atoms with Gasteiger partial charge in [0, 0.05) is 50.6 Å². The zero-order chi connectivity index (χ0) is 15.4. The van der Waals surface area contributed by atoms with Crippen LogP contribution in [0.25, 0.3) is 0 Å². The van der Waals surface area contributed by atoms with Crippen molar-refractivity contribution in [3.05, 3.63) is 34.0 Å². The van der Waals surface area contributed by atoms with E-state index >= 15 is 0 Å². The molecule has 22 heavy (non-hydrogen) atoms. The number of hydrogen-bond acceptors (Lipinski definition) is 6. The van der Waals surface area contributed by atoms with Crippen molar-refractivity contribution in [1.82, 2.24) is 9.88 Å². The van der Waals surface area contributed by atoms with Crippen LogP contribution in [0.5, 0.6) is 0 Å². The summed E-state index contributed by atoms with van der Waals surface area (Å²) in [6.45, 7) is 3.01. The molecule has 0 radical (unpaired) electrons. The summed E-state index contributed by atoms with van der Waals surface area (Å²) in [5.41, 5.74) is 0. The van der Waals surface area contributed by atoms with Crippen LogP contribution >= 0.6 is 22.7 Å². The zero-order valence-electron chi connectivity index (χ0n) is 12.1. The summed E-state index contributed by atoms with van der Waals surface area (Å²) < 4.78 is 0. The van der Waals surface area contributed by atoms with Gasteiger partial charge in [0.2, 0.25) is 5.91 Å². The minimum absolute atomic E-state index is 0.0600. The van der Waals surface area contributed by atoms with Gasteiger partial charge in [0.15, 0.2) is 10.9 Å². The molecular formula is C15H17N3O2S2. The van der Waals surface area contributed by atoms with Crippen LogP contribution in [0.3, 0.4) is 0 Å². The summed E-state index contributed by atoms with van der Waals surface area (Å²) in [5, 5.41) is 4.86. The Labute approximate surface area is 137 Å². The van der Waals surface area contributed by atoms with E-state index in [1.807, 2.05) is 27.8 Å². The van der Waals surface area contributed by atoms with E-state index in [-0.39, 0.29) is 11.7 Å². The maximum atomic E-state index is 12.2. The molecule has 2 aromatic heterocycles. The van der Waals surface area contributed by atoms with Crippen LogP contribution in [-0.2, 0) is 4.79 Å². The van der Waals surface area contributed by atoms with Crippen molar-refractivity contribution in [2.45, 2.75) is 12.8 Å². The van der Waals surface area contributed by atoms with E-state index in [0.717, 1.165) is 23.1 Å². The van der Waals surface area contributed by atoms with E-state index in [4.69, 9.17) is 0 Å². The number of carbonyl (C=O) groups is 2. The number of anilines is 1. The Balaban J connectivity index is 1.45. The number of amides is 1. The molecule has 1 fully saturated rings. The molecule has 0 unspecified atom stereocenters. The molecule has 0 atom stereocenters. The molecule has 2 aromatic rings. The van der Waals surface area contributed by atoms with E-state index in [0.29, 0.717) is 25.9 Å². The van der Waals surface area contributed by atoms with Gasteiger partial charge in [0.1, 0.15) is 0 Å². The number of hydrogen-bond donors (Lipinski definition) is 0. The van der Waals surface area contributed by atoms with E-state index in [9.17, 15) is 9.59 Å². The highest BCUT2D eigenvalue weighted by molar-refractivity contribution is 7.13. The van der Waals surface area contributed by atoms with E-state index < -0.39 is 0 Å². The predicted octanol–water partition coefficient (Wildman–Crippen LogP) is 2.52. The third-order valence-corrected chi connectivity index (χ3v) is 5.43. The minimum Gasteiger partial charge on any atom is -0.345 e. The lowest BCUT2D eigenvalue weighted by Gasteiger charge is -2.34. The third-order valence-electron chi connectivity index (χ3n) is 3.68. The topological polar surface area (TPSA) is 53.5 Å². The SMILES string of the molecule is O=C(CCC(=O)N1CCN(c2nccs2)CC1)c1cccs1. The number of thiazole rings is 1. The van der Waals surface area contributed by atoms with Gasteiger partial charge in [-0.3, -0.25) is 9.59 Å². The molecule has 0 bridgehead atoms. The average molecular weight is 335 g/mol. The quantitative estimate of drug-likeness (QED) is 0.788. The van der Waals surface area contributed by atoms with E-state index in [1.165, 1.54) is 11.3 Å². The smallest absolute Gasteiger partial charge is 0.223 e. The van der Waals surface area contributed by atoms with E-state index in [2.05, 4.69) is 9.88 Å². The van der Waals surface area contributed by atoms with Crippen molar-refractivity contribution < 1.29 is 9.59 Å². The van der Waals surface area contributed by atoms with Gasteiger partial charge >= 0.3 is 0 Å². The second-order valence-corrected chi connectivity index (χ2v) is 6.90. The number of nitrogens with zero attached hydrogens (tertiary/aromatic N) is 3. The van der Waals surface area contributed by atoms with Gasteiger partial charge in [-0.25, -0.2) is 4.98 Å². The Kier molecular flexibility index (Phi) is 4.84. The molecule has 5 nitrogen and oxygen atoms in total. The lowest BCUT2D eigenvalue weighted by Crippen LogP contribution is -2.48. The van der Waals surface area contributed by atoms with Gasteiger partial charge in [0.05, 0.1) is 4.88 Å². The number of ketones is 1. The number of Topliss-reactive ketones (excluding diaryl/α,β-unsaturated/α-hetero) is 1. The molecule has 0 saturated carbocycles. The van der Waals surface area contributed by atoms with Crippen LogP contribution in [-0.4, -0.2) is 47.8 Å². The van der Waals surface area contributed by atoms with Gasteiger partial charge in [-0.05, 0) is 11.4 Å². The Morgan fingerprint density at radius 1 is 1.09 bits per heavy atom. The molecule has 0 aromatic carbocycles. The summed E-state index contributed by atoms with van der Waals surface area (Å²) in [4.78, 5) is 33.2. The van der Waals surface area contributed by atoms with Crippen LogP contribution in [0.2, 0.25) is 0 Å². The number of aromatic nitrogens is 1. The molecule has 1 amide bonds. The first-order valence-corrected chi connectivity index (χ1v) is 8.99. The number of thiophene rings is 1. The first-order valence-electron chi connectivity index (χ1n) is 7.23. The van der Waals surface area contributed by atoms with Crippen LogP contribution in [0.15, 0.2) is 29.1 Å². The first-order chi connectivity index (χ1) is 10.7. The second-order valence-electron chi connectivity index (χ2n) is 5.08. The average Bonchev–Trinajstić information content (AvgIpc) is 3.25. The van der Waals surface area contributed by atoms with Gasteiger partial charge in [-0.1, -0.05) is 6.07 Å². The molecule has 0 aliphatic carbocycles. The number of carbonyl (C=O) groups excluding carboxylic acids is 2. The molecule has 3 heterocycles. The second kappa shape index (κ2) is 7.02. The maximum Gasteiger partial charge on any atom is 0.223 e. The third kappa shape index (κ3) is 3.53. The van der Waals surface area contributed by atoms with Crippen molar-refractivity contribution in [3.8, 4) is 0 Å². The number of rotatable bonds is 5. The van der Waals surface area contributed by atoms with Crippen molar-refractivity contribution in [1.29, 1.82) is 0 Å². The fourth-order valence-corrected chi connectivity index (χ4v) is 3.85. The van der Waals surface area contributed by atoms with Gasteiger partial charge in [-0.2, -0.15) is 0 Å². The molecular weight excluding hydrogens is 318 g/mol. The highest BCUT2D eigenvalue weighted by atomic mass is 32.1. The van der Waals surface area contributed by atoms with Gasteiger partial charge < -0.3 is 9.80 Å². The molecule has 1 aliphatic rings. The lowest BCUT2D eigenvalue weighted by atomic mass is 10.1. The Morgan fingerprint density at radius 3 is 2.55 bits per heavy atom. The zero-order valence-corrected chi connectivity index (χ0v) is 13.7. The predicted molar refractivity (Wildman–Crippen MR) is 88.8 cm³/mol. The summed E-state index contributed by atoms with van der Waals surface area (Å²) in [6.07, 6.45) is 2.40. The largest absolute Gasteiger partial charge is 0.345 e. The normalized spacial score (nSPS) is 15.1. The van der Waals surface area contributed by atoms with Crippen LogP contribution < -0.4 is 4.90 Å². The fourth-order valence-electron chi connectivity index (χ4n) is 2.46. The molecule has 7 heteroatoms.